The molecule has 0 amide bonds. The number of hydrogen-bond acceptors (Lipinski definition) is 3. The van der Waals surface area contributed by atoms with Crippen LogP contribution >= 0.6 is 0 Å². The van der Waals surface area contributed by atoms with E-state index in [1.807, 2.05) is 7.11 Å². The highest BCUT2D eigenvalue weighted by Gasteiger charge is 2.39. The first kappa shape index (κ1) is 13.3. The van der Waals surface area contributed by atoms with Crippen LogP contribution in [0.4, 0.5) is 0 Å². The molecule has 0 aromatic carbocycles. The van der Waals surface area contributed by atoms with Gasteiger partial charge in [-0.2, -0.15) is 0 Å². The largest absolute Gasteiger partial charge is 0.384 e. The van der Waals surface area contributed by atoms with Crippen molar-refractivity contribution in [2.75, 3.05) is 33.4 Å². The Hall–Kier alpha value is -0.120. The predicted octanol–water partition coefficient (Wildman–Crippen LogP) is 1.92. The lowest BCUT2D eigenvalue weighted by molar-refractivity contribution is 0.0377. The van der Waals surface area contributed by atoms with Crippen molar-refractivity contribution < 1.29 is 4.74 Å². The maximum atomic E-state index is 5.47. The molecule has 17 heavy (non-hydrogen) atoms. The average molecular weight is 240 g/mol. The number of rotatable bonds is 6. The van der Waals surface area contributed by atoms with Gasteiger partial charge in [0.25, 0.3) is 0 Å². The average Bonchev–Trinajstić information content (AvgIpc) is 2.30. The van der Waals surface area contributed by atoms with Gasteiger partial charge in [0.2, 0.25) is 0 Å². The third kappa shape index (κ3) is 3.01. The van der Waals surface area contributed by atoms with Crippen LogP contribution in [0, 0.1) is 5.41 Å². The second kappa shape index (κ2) is 5.68. The maximum absolute atomic E-state index is 5.47. The van der Waals surface area contributed by atoms with Gasteiger partial charge in [-0.05, 0) is 51.6 Å². The van der Waals surface area contributed by atoms with Crippen molar-refractivity contribution in [2.24, 2.45) is 5.41 Å². The lowest BCUT2D eigenvalue weighted by Gasteiger charge is -2.46. The third-order valence-electron chi connectivity index (χ3n) is 4.94. The molecule has 0 aromatic heterocycles. The highest BCUT2D eigenvalue weighted by Crippen LogP contribution is 2.37. The fraction of sp³-hybridized carbons (Fsp3) is 1.00. The van der Waals surface area contributed by atoms with E-state index >= 15 is 0 Å². The summed E-state index contributed by atoms with van der Waals surface area (Å²) in [5.41, 5.74) is 0.837. The normalized spacial score (nSPS) is 26.5. The van der Waals surface area contributed by atoms with Gasteiger partial charge in [0.15, 0.2) is 0 Å². The quantitative estimate of drug-likeness (QED) is 0.744. The number of piperidine rings is 1. The van der Waals surface area contributed by atoms with Gasteiger partial charge in [-0.15, -0.1) is 0 Å². The van der Waals surface area contributed by atoms with Gasteiger partial charge < -0.3 is 15.4 Å². The molecule has 0 spiro atoms. The minimum absolute atomic E-state index is 0.373. The summed E-state index contributed by atoms with van der Waals surface area (Å²) in [6.07, 6.45) is 7.89. The van der Waals surface area contributed by atoms with Crippen molar-refractivity contribution in [3.63, 3.8) is 0 Å². The van der Waals surface area contributed by atoms with Crippen LogP contribution in [-0.4, -0.2) is 38.9 Å². The van der Waals surface area contributed by atoms with Crippen LogP contribution in [0.5, 0.6) is 0 Å². The molecule has 1 saturated heterocycles. The Kier molecular flexibility index (Phi) is 4.45. The number of methoxy groups -OCH3 is 1. The Balaban J connectivity index is 1.88. The lowest BCUT2D eigenvalue weighted by Crippen LogP contribution is -2.56. The van der Waals surface area contributed by atoms with E-state index in [9.17, 15) is 0 Å². The monoisotopic (exact) mass is 240 g/mol. The fourth-order valence-electron chi connectivity index (χ4n) is 3.27. The first-order valence-electron chi connectivity index (χ1n) is 7.19. The van der Waals surface area contributed by atoms with Crippen molar-refractivity contribution in [1.29, 1.82) is 0 Å². The summed E-state index contributed by atoms with van der Waals surface area (Å²) in [6, 6.07) is 0. The molecule has 1 heterocycles. The van der Waals surface area contributed by atoms with Crippen LogP contribution in [0.1, 0.15) is 45.4 Å². The number of hydrogen-bond donors (Lipinski definition) is 2. The summed E-state index contributed by atoms with van der Waals surface area (Å²) in [7, 11) is 1.84. The second-order valence-electron chi connectivity index (χ2n) is 6.02. The minimum atomic E-state index is 0.373. The second-order valence-corrected chi connectivity index (χ2v) is 6.02. The first-order valence-corrected chi connectivity index (χ1v) is 7.19. The molecule has 0 aromatic rings. The number of ether oxygens (including phenoxy) is 1. The summed E-state index contributed by atoms with van der Waals surface area (Å²) in [6.45, 7) is 6.64. The minimum Gasteiger partial charge on any atom is -0.384 e. The SMILES string of the molecule is CCC1(NCC2(COC)CCNCC2)CCC1. The van der Waals surface area contributed by atoms with E-state index in [4.69, 9.17) is 4.74 Å². The molecule has 2 N–H and O–H groups in total. The molecule has 0 bridgehead atoms. The maximum Gasteiger partial charge on any atom is 0.0531 e. The zero-order valence-electron chi connectivity index (χ0n) is 11.5. The molecule has 2 fully saturated rings. The van der Waals surface area contributed by atoms with Crippen molar-refractivity contribution in [2.45, 2.75) is 51.0 Å². The predicted molar refractivity (Wildman–Crippen MR) is 71.3 cm³/mol. The molecule has 2 aliphatic rings. The van der Waals surface area contributed by atoms with E-state index in [-0.39, 0.29) is 0 Å². The molecule has 0 radical (unpaired) electrons. The Morgan fingerprint density at radius 1 is 1.18 bits per heavy atom. The smallest absolute Gasteiger partial charge is 0.0531 e. The summed E-state index contributed by atoms with van der Waals surface area (Å²) in [4.78, 5) is 0. The first-order chi connectivity index (χ1) is 8.24. The summed E-state index contributed by atoms with van der Waals surface area (Å²) >= 11 is 0. The summed E-state index contributed by atoms with van der Waals surface area (Å²) in [5.74, 6) is 0. The zero-order chi connectivity index (χ0) is 12.2. The molecular formula is C14H28N2O. The van der Waals surface area contributed by atoms with Crippen LogP contribution in [0.2, 0.25) is 0 Å². The van der Waals surface area contributed by atoms with Gasteiger partial charge in [-0.25, -0.2) is 0 Å². The van der Waals surface area contributed by atoms with E-state index in [0.29, 0.717) is 11.0 Å². The van der Waals surface area contributed by atoms with E-state index in [0.717, 1.165) is 26.2 Å². The third-order valence-corrected chi connectivity index (χ3v) is 4.94. The molecule has 2 rings (SSSR count). The van der Waals surface area contributed by atoms with Crippen molar-refractivity contribution in [3.05, 3.63) is 0 Å². The molecule has 1 aliphatic heterocycles. The van der Waals surface area contributed by atoms with Crippen LogP contribution in [0.25, 0.3) is 0 Å². The Labute approximate surface area is 106 Å². The van der Waals surface area contributed by atoms with Gasteiger partial charge in [0, 0.05) is 24.6 Å². The van der Waals surface area contributed by atoms with Gasteiger partial charge in [0.05, 0.1) is 6.61 Å². The van der Waals surface area contributed by atoms with E-state index < -0.39 is 0 Å². The van der Waals surface area contributed by atoms with Crippen LogP contribution < -0.4 is 10.6 Å². The molecule has 100 valence electrons. The van der Waals surface area contributed by atoms with Crippen LogP contribution in [0.3, 0.4) is 0 Å². The molecule has 3 heteroatoms. The highest BCUT2D eigenvalue weighted by molar-refractivity contribution is 4.97. The van der Waals surface area contributed by atoms with Crippen molar-refractivity contribution >= 4 is 0 Å². The van der Waals surface area contributed by atoms with E-state index in [2.05, 4.69) is 17.6 Å². The van der Waals surface area contributed by atoms with Crippen molar-refractivity contribution in [1.82, 2.24) is 10.6 Å². The molecule has 1 saturated carbocycles. The van der Waals surface area contributed by atoms with Gasteiger partial charge in [-0.3, -0.25) is 0 Å². The van der Waals surface area contributed by atoms with Gasteiger partial charge in [0.1, 0.15) is 0 Å². The van der Waals surface area contributed by atoms with E-state index in [1.54, 1.807) is 0 Å². The Bertz CT molecular complexity index is 221. The lowest BCUT2D eigenvalue weighted by atomic mass is 9.72. The fourth-order valence-corrected chi connectivity index (χ4v) is 3.27. The molecule has 3 nitrogen and oxygen atoms in total. The molecule has 0 unspecified atom stereocenters. The molecule has 0 atom stereocenters. The van der Waals surface area contributed by atoms with Gasteiger partial charge >= 0.3 is 0 Å². The zero-order valence-corrected chi connectivity index (χ0v) is 11.5. The van der Waals surface area contributed by atoms with Gasteiger partial charge in [-0.1, -0.05) is 6.92 Å². The standard InChI is InChI=1S/C14H28N2O/c1-3-14(5-4-6-14)16-11-13(12-17-2)7-9-15-10-8-13/h15-16H,3-12H2,1-2H3. The topological polar surface area (TPSA) is 33.3 Å². The Morgan fingerprint density at radius 3 is 2.35 bits per heavy atom. The van der Waals surface area contributed by atoms with Crippen LogP contribution in [0.15, 0.2) is 0 Å². The molecule has 1 aliphatic carbocycles. The molecular weight excluding hydrogens is 212 g/mol. The Morgan fingerprint density at radius 2 is 1.88 bits per heavy atom. The summed E-state index contributed by atoms with van der Waals surface area (Å²) < 4.78 is 5.47. The highest BCUT2D eigenvalue weighted by atomic mass is 16.5. The summed E-state index contributed by atoms with van der Waals surface area (Å²) in [5, 5.41) is 7.32. The van der Waals surface area contributed by atoms with E-state index in [1.165, 1.54) is 38.5 Å². The van der Waals surface area contributed by atoms with Crippen LogP contribution in [-0.2, 0) is 4.74 Å². The van der Waals surface area contributed by atoms with Crippen molar-refractivity contribution in [3.8, 4) is 0 Å². The number of nitrogens with one attached hydrogen (secondary N) is 2.